The molecule has 0 aliphatic heterocycles. The Morgan fingerprint density at radius 3 is 1.40 bits per heavy atom. The Kier molecular flexibility index (Phi) is 1.12. The van der Waals surface area contributed by atoms with Crippen LogP contribution in [0.25, 0.3) is 0 Å². The lowest BCUT2D eigenvalue weighted by Crippen LogP contribution is -3.10. The zero-order chi connectivity index (χ0) is 12.7. The normalized spacial score (nSPS) is 57.8. The molecular formula is C16H16N4. The number of nitrogens with zero attached hydrogens (tertiary/aromatic N) is 4. The van der Waals surface area contributed by atoms with Gasteiger partial charge in [-0.15, -0.1) is 0 Å². The van der Waals surface area contributed by atoms with Crippen molar-refractivity contribution in [3.8, 4) is 0 Å². The zero-order valence-corrected chi connectivity index (χ0v) is 11.1. The average Bonchev–Trinajstić information content (AvgIpc) is 3.15. The van der Waals surface area contributed by atoms with Gasteiger partial charge in [0.05, 0.1) is 12.7 Å². The summed E-state index contributed by atoms with van der Waals surface area (Å²) >= 11 is 0. The first-order valence-corrected chi connectivity index (χ1v) is 7.80. The molecule has 0 aromatic carbocycles. The minimum absolute atomic E-state index is 0.720. The van der Waals surface area contributed by atoms with Crippen LogP contribution in [-0.4, -0.2) is 19.1 Å². The largest absolute Gasteiger partial charge is 0.337 e. The predicted octanol–water partition coefficient (Wildman–Crippen LogP) is 1.52. The molecule has 20 heavy (non-hydrogen) atoms. The summed E-state index contributed by atoms with van der Waals surface area (Å²) in [4.78, 5) is 8.41. The highest BCUT2D eigenvalue weighted by atomic mass is 15.2. The zero-order valence-electron chi connectivity index (χ0n) is 11.1. The smallest absolute Gasteiger partial charge is 0.0946 e. The van der Waals surface area contributed by atoms with E-state index in [9.17, 15) is 0 Å². The van der Waals surface area contributed by atoms with Crippen LogP contribution in [0.3, 0.4) is 0 Å². The van der Waals surface area contributed by atoms with Gasteiger partial charge in [-0.1, -0.05) is 0 Å². The van der Waals surface area contributed by atoms with E-state index in [0.717, 1.165) is 46.3 Å². The highest BCUT2D eigenvalue weighted by molar-refractivity contribution is 5.54. The van der Waals surface area contributed by atoms with Crippen LogP contribution in [-0.2, 0) is 13.1 Å². The Morgan fingerprint density at radius 1 is 0.700 bits per heavy atom. The summed E-state index contributed by atoms with van der Waals surface area (Å²) in [6, 6.07) is 0. The number of rotatable bonds is 4. The van der Waals surface area contributed by atoms with Crippen LogP contribution in [0, 0.1) is 46.3 Å². The van der Waals surface area contributed by atoms with Gasteiger partial charge in [0.2, 0.25) is 0 Å². The van der Waals surface area contributed by atoms with Crippen LogP contribution in [0.1, 0.15) is 0 Å². The highest BCUT2D eigenvalue weighted by Gasteiger charge is 3.09. The maximum Gasteiger partial charge on any atom is 0.0946 e. The fraction of sp³-hybridized carbons (Fsp3) is 0.625. The van der Waals surface area contributed by atoms with E-state index in [1.807, 2.05) is 25.0 Å². The minimum atomic E-state index is 0.720. The summed E-state index contributed by atoms with van der Waals surface area (Å²) in [5.41, 5.74) is 1.44. The van der Waals surface area contributed by atoms with Gasteiger partial charge in [0, 0.05) is 37.9 Å². The van der Waals surface area contributed by atoms with Crippen molar-refractivity contribution in [3.63, 3.8) is 0 Å². The Balaban J connectivity index is 1.20. The lowest BCUT2D eigenvalue weighted by molar-refractivity contribution is -0.662. The molecule has 4 heteroatoms. The minimum Gasteiger partial charge on any atom is -0.337 e. The van der Waals surface area contributed by atoms with Gasteiger partial charge in [-0.25, -0.2) is 9.97 Å². The number of aromatic nitrogens is 4. The molecule has 6 aliphatic carbocycles. The Labute approximate surface area is 116 Å². The molecule has 100 valence electrons. The number of hydrogen-bond donors (Lipinski definition) is 0. The van der Waals surface area contributed by atoms with Crippen molar-refractivity contribution in [1.82, 2.24) is 19.1 Å². The van der Waals surface area contributed by atoms with Crippen LogP contribution in [0.5, 0.6) is 0 Å². The van der Waals surface area contributed by atoms with Crippen molar-refractivity contribution < 1.29 is 0 Å². The highest BCUT2D eigenvalue weighted by Crippen LogP contribution is 3.10. The Bertz CT molecular complexity index is 611. The molecule has 0 unspecified atom stereocenters. The SMILES string of the molecule is c1cn(CC23C4C5C2C2C3C4C52Cn2ccnc2)cn1. The fourth-order valence-corrected chi connectivity index (χ4v) is 8.00. The first-order valence-electron chi connectivity index (χ1n) is 7.80. The summed E-state index contributed by atoms with van der Waals surface area (Å²) < 4.78 is 4.65. The van der Waals surface area contributed by atoms with Crippen molar-refractivity contribution in [2.75, 3.05) is 0 Å². The van der Waals surface area contributed by atoms with E-state index in [-0.39, 0.29) is 0 Å². The molecule has 0 amide bonds. The van der Waals surface area contributed by atoms with Gasteiger partial charge in [-0.2, -0.15) is 0 Å². The van der Waals surface area contributed by atoms with E-state index < -0.39 is 0 Å². The molecule has 4 nitrogen and oxygen atoms in total. The summed E-state index contributed by atoms with van der Waals surface area (Å²) in [5, 5.41) is 0. The van der Waals surface area contributed by atoms with Gasteiger partial charge < -0.3 is 9.13 Å². The van der Waals surface area contributed by atoms with Crippen LogP contribution < -0.4 is 0 Å². The van der Waals surface area contributed by atoms with Crippen LogP contribution in [0.2, 0.25) is 0 Å². The second kappa shape index (κ2) is 2.38. The lowest BCUT2D eigenvalue weighted by Gasteiger charge is -3.12. The molecule has 6 fully saturated rings. The molecule has 2 heterocycles. The van der Waals surface area contributed by atoms with E-state index in [4.69, 9.17) is 0 Å². The van der Waals surface area contributed by atoms with Gasteiger partial charge in [0.25, 0.3) is 0 Å². The lowest BCUT2D eigenvalue weighted by atomic mass is 8.92. The maximum absolute atomic E-state index is 4.21. The predicted molar refractivity (Wildman–Crippen MR) is 70.3 cm³/mol. The standard InChI is InChI=1S/C16H16N4/c1-3-19(7-17-1)5-15-9-12-10(15)14-11(15)13(9)16(12,14)6-20-4-2-18-8-20/h1-4,7-14H,5-6H2. The monoisotopic (exact) mass is 264 g/mol. The maximum atomic E-state index is 4.21. The van der Waals surface area contributed by atoms with Crippen LogP contribution >= 0.6 is 0 Å². The third-order valence-electron chi connectivity index (χ3n) is 8.08. The fourth-order valence-electron chi connectivity index (χ4n) is 8.00. The Morgan fingerprint density at radius 2 is 1.10 bits per heavy atom. The first-order chi connectivity index (χ1) is 9.89. The third kappa shape index (κ3) is 0.575. The third-order valence-corrected chi connectivity index (χ3v) is 8.08. The second-order valence-corrected chi connectivity index (χ2v) is 7.85. The summed E-state index contributed by atoms with van der Waals surface area (Å²) in [7, 11) is 0. The molecule has 2 aromatic heterocycles. The molecule has 0 radical (unpaired) electrons. The van der Waals surface area contributed by atoms with Gasteiger partial charge >= 0.3 is 0 Å². The molecule has 2 aromatic rings. The molecule has 0 atom stereocenters. The average molecular weight is 264 g/mol. The van der Waals surface area contributed by atoms with E-state index in [1.54, 1.807) is 0 Å². The first kappa shape index (κ1) is 9.37. The molecule has 6 saturated carbocycles. The van der Waals surface area contributed by atoms with Crippen molar-refractivity contribution >= 4 is 0 Å². The van der Waals surface area contributed by atoms with Gasteiger partial charge in [0.1, 0.15) is 0 Å². The molecule has 0 N–H and O–H groups in total. The topological polar surface area (TPSA) is 35.6 Å². The number of hydrogen-bond acceptors (Lipinski definition) is 2. The van der Waals surface area contributed by atoms with Crippen molar-refractivity contribution in [3.05, 3.63) is 37.4 Å². The van der Waals surface area contributed by atoms with E-state index in [1.165, 1.54) is 13.1 Å². The second-order valence-electron chi connectivity index (χ2n) is 7.85. The molecule has 6 aliphatic rings. The van der Waals surface area contributed by atoms with Crippen molar-refractivity contribution in [2.24, 2.45) is 46.3 Å². The quantitative estimate of drug-likeness (QED) is 0.839. The number of imidazole rings is 2. The molecule has 0 saturated heterocycles. The Hall–Kier alpha value is -1.58. The van der Waals surface area contributed by atoms with Crippen LogP contribution in [0.4, 0.5) is 0 Å². The molecule has 8 rings (SSSR count). The van der Waals surface area contributed by atoms with Crippen LogP contribution in [0.15, 0.2) is 37.4 Å². The van der Waals surface area contributed by atoms with Gasteiger partial charge in [0.15, 0.2) is 0 Å². The van der Waals surface area contributed by atoms with Crippen molar-refractivity contribution in [2.45, 2.75) is 13.1 Å². The van der Waals surface area contributed by atoms with Gasteiger partial charge in [-0.05, 0) is 46.3 Å². The summed E-state index contributed by atoms with van der Waals surface area (Å²) in [5.74, 6) is 6.38. The van der Waals surface area contributed by atoms with E-state index in [0.29, 0.717) is 0 Å². The summed E-state index contributed by atoms with van der Waals surface area (Å²) in [6.45, 7) is 2.50. The van der Waals surface area contributed by atoms with Gasteiger partial charge in [-0.3, -0.25) is 0 Å². The molecule has 0 spiro atoms. The molecule has 0 bridgehead atoms. The van der Waals surface area contributed by atoms with Crippen molar-refractivity contribution in [1.29, 1.82) is 0 Å². The van der Waals surface area contributed by atoms with E-state index in [2.05, 4.69) is 31.5 Å². The summed E-state index contributed by atoms with van der Waals surface area (Å²) in [6.07, 6.45) is 12.1. The van der Waals surface area contributed by atoms with E-state index >= 15 is 0 Å². The molecular weight excluding hydrogens is 248 g/mol.